The minimum atomic E-state index is 0.119. The van der Waals surface area contributed by atoms with Crippen molar-refractivity contribution in [1.29, 1.82) is 0 Å². The fourth-order valence-electron chi connectivity index (χ4n) is 1.68. The summed E-state index contributed by atoms with van der Waals surface area (Å²) in [6.07, 6.45) is 0.911. The van der Waals surface area contributed by atoms with E-state index in [1.54, 1.807) is 0 Å². The molecule has 0 saturated heterocycles. The Kier molecular flexibility index (Phi) is 7.48. The molecule has 0 amide bonds. The van der Waals surface area contributed by atoms with Gasteiger partial charge >= 0.3 is 0 Å². The molecule has 3 nitrogen and oxygen atoms in total. The van der Waals surface area contributed by atoms with E-state index in [4.69, 9.17) is 9.47 Å². The van der Waals surface area contributed by atoms with Crippen molar-refractivity contribution in [2.45, 2.75) is 46.2 Å². The SMILES string of the molecule is C=C(C)CCOCCOc1cccc(CNC(C)(C)C)c1. The number of hydrogen-bond acceptors (Lipinski definition) is 3. The summed E-state index contributed by atoms with van der Waals surface area (Å²) in [7, 11) is 0. The molecule has 1 aromatic rings. The average Bonchev–Trinajstić information content (AvgIpc) is 2.40. The number of benzene rings is 1. The van der Waals surface area contributed by atoms with E-state index in [2.05, 4.69) is 44.8 Å². The minimum Gasteiger partial charge on any atom is -0.491 e. The van der Waals surface area contributed by atoms with Crippen molar-refractivity contribution in [3.8, 4) is 5.75 Å². The van der Waals surface area contributed by atoms with Crippen LogP contribution < -0.4 is 10.1 Å². The summed E-state index contributed by atoms with van der Waals surface area (Å²) in [6.45, 7) is 15.1. The second-order valence-corrected chi connectivity index (χ2v) is 6.42. The van der Waals surface area contributed by atoms with Crippen LogP contribution >= 0.6 is 0 Å². The molecule has 0 bridgehead atoms. The monoisotopic (exact) mass is 291 g/mol. The molecular formula is C18H29NO2. The molecule has 1 aromatic carbocycles. The highest BCUT2D eigenvalue weighted by atomic mass is 16.5. The van der Waals surface area contributed by atoms with E-state index in [0.29, 0.717) is 19.8 Å². The molecule has 0 spiro atoms. The first kappa shape index (κ1) is 17.7. The van der Waals surface area contributed by atoms with Gasteiger partial charge in [-0.25, -0.2) is 0 Å². The first-order valence-electron chi connectivity index (χ1n) is 7.56. The van der Waals surface area contributed by atoms with Crippen LogP contribution in [0.4, 0.5) is 0 Å². The summed E-state index contributed by atoms with van der Waals surface area (Å²) in [5, 5.41) is 3.47. The first-order valence-corrected chi connectivity index (χ1v) is 7.56. The van der Waals surface area contributed by atoms with Crippen LogP contribution in [0.5, 0.6) is 5.75 Å². The van der Waals surface area contributed by atoms with Gasteiger partial charge in [-0.05, 0) is 51.8 Å². The van der Waals surface area contributed by atoms with Crippen molar-refractivity contribution in [3.63, 3.8) is 0 Å². The molecule has 0 aromatic heterocycles. The molecule has 3 heteroatoms. The minimum absolute atomic E-state index is 0.119. The lowest BCUT2D eigenvalue weighted by molar-refractivity contribution is 0.102. The Bertz CT molecular complexity index is 435. The highest BCUT2D eigenvalue weighted by molar-refractivity contribution is 5.28. The zero-order valence-electron chi connectivity index (χ0n) is 13.9. The van der Waals surface area contributed by atoms with Crippen molar-refractivity contribution in [1.82, 2.24) is 5.32 Å². The van der Waals surface area contributed by atoms with Gasteiger partial charge in [-0.15, -0.1) is 6.58 Å². The molecule has 0 unspecified atom stereocenters. The standard InChI is InChI=1S/C18H29NO2/c1-15(2)9-10-20-11-12-21-17-8-6-7-16(13-17)14-19-18(3,4)5/h6-8,13,19H,1,9-12,14H2,2-5H3. The van der Waals surface area contributed by atoms with Gasteiger partial charge in [0, 0.05) is 12.1 Å². The first-order chi connectivity index (χ1) is 9.87. The summed E-state index contributed by atoms with van der Waals surface area (Å²) >= 11 is 0. The zero-order chi connectivity index (χ0) is 15.7. The van der Waals surface area contributed by atoms with E-state index >= 15 is 0 Å². The maximum Gasteiger partial charge on any atom is 0.119 e. The normalized spacial score (nSPS) is 11.4. The van der Waals surface area contributed by atoms with Crippen LogP contribution in [0.15, 0.2) is 36.4 Å². The van der Waals surface area contributed by atoms with Gasteiger partial charge in [0.05, 0.1) is 13.2 Å². The highest BCUT2D eigenvalue weighted by Crippen LogP contribution is 2.14. The van der Waals surface area contributed by atoms with E-state index in [-0.39, 0.29) is 5.54 Å². The number of hydrogen-bond donors (Lipinski definition) is 1. The van der Waals surface area contributed by atoms with E-state index in [1.165, 1.54) is 5.56 Å². The predicted molar refractivity (Wildman–Crippen MR) is 88.8 cm³/mol. The summed E-state index contributed by atoms with van der Waals surface area (Å²) in [5.41, 5.74) is 2.49. The van der Waals surface area contributed by atoms with Gasteiger partial charge in [0.25, 0.3) is 0 Å². The molecule has 0 aliphatic heterocycles. The van der Waals surface area contributed by atoms with Gasteiger partial charge in [-0.2, -0.15) is 0 Å². The van der Waals surface area contributed by atoms with Crippen LogP contribution in [0.3, 0.4) is 0 Å². The number of nitrogens with one attached hydrogen (secondary N) is 1. The molecule has 0 atom stereocenters. The van der Waals surface area contributed by atoms with E-state index < -0.39 is 0 Å². The van der Waals surface area contributed by atoms with E-state index in [0.717, 1.165) is 24.3 Å². The molecule has 1 N–H and O–H groups in total. The van der Waals surface area contributed by atoms with Crippen molar-refractivity contribution >= 4 is 0 Å². The summed E-state index contributed by atoms with van der Waals surface area (Å²) in [4.78, 5) is 0. The topological polar surface area (TPSA) is 30.5 Å². The van der Waals surface area contributed by atoms with Crippen LogP contribution in [-0.2, 0) is 11.3 Å². The molecule has 0 heterocycles. The predicted octanol–water partition coefficient (Wildman–Crippen LogP) is 3.94. The fraction of sp³-hybridized carbons (Fsp3) is 0.556. The van der Waals surface area contributed by atoms with Crippen LogP contribution in [0.2, 0.25) is 0 Å². The van der Waals surface area contributed by atoms with E-state index in [9.17, 15) is 0 Å². The molecule has 0 aliphatic carbocycles. The molecule has 21 heavy (non-hydrogen) atoms. The second-order valence-electron chi connectivity index (χ2n) is 6.42. The molecule has 1 rings (SSSR count). The maximum atomic E-state index is 5.71. The van der Waals surface area contributed by atoms with Gasteiger partial charge in [0.15, 0.2) is 0 Å². The second kappa shape index (κ2) is 8.85. The van der Waals surface area contributed by atoms with Crippen molar-refractivity contribution < 1.29 is 9.47 Å². The highest BCUT2D eigenvalue weighted by Gasteiger charge is 2.08. The number of rotatable bonds is 9. The fourth-order valence-corrected chi connectivity index (χ4v) is 1.68. The molecule has 0 saturated carbocycles. The lowest BCUT2D eigenvalue weighted by Crippen LogP contribution is -2.35. The van der Waals surface area contributed by atoms with Crippen LogP contribution in [0.1, 0.15) is 39.7 Å². The lowest BCUT2D eigenvalue weighted by atomic mass is 10.1. The average molecular weight is 291 g/mol. The Labute approximate surface area is 129 Å². The Morgan fingerprint density at radius 1 is 1.19 bits per heavy atom. The van der Waals surface area contributed by atoms with Crippen molar-refractivity contribution in [2.24, 2.45) is 0 Å². The van der Waals surface area contributed by atoms with Crippen LogP contribution in [0, 0.1) is 0 Å². The Hall–Kier alpha value is -1.32. The Morgan fingerprint density at radius 3 is 2.62 bits per heavy atom. The van der Waals surface area contributed by atoms with Gasteiger partial charge in [0.2, 0.25) is 0 Å². The molecule has 118 valence electrons. The van der Waals surface area contributed by atoms with Gasteiger partial charge < -0.3 is 14.8 Å². The molecular weight excluding hydrogens is 262 g/mol. The van der Waals surface area contributed by atoms with Gasteiger partial charge in [0.1, 0.15) is 12.4 Å². The zero-order valence-corrected chi connectivity index (χ0v) is 13.9. The lowest BCUT2D eigenvalue weighted by Gasteiger charge is -2.20. The number of ether oxygens (including phenoxy) is 2. The summed E-state index contributed by atoms with van der Waals surface area (Å²) in [5.74, 6) is 0.895. The summed E-state index contributed by atoms with van der Waals surface area (Å²) < 4.78 is 11.2. The summed E-state index contributed by atoms with van der Waals surface area (Å²) in [6, 6.07) is 8.19. The third kappa shape index (κ3) is 9.27. The van der Waals surface area contributed by atoms with E-state index in [1.807, 2.05) is 19.1 Å². The molecule has 0 aliphatic rings. The smallest absolute Gasteiger partial charge is 0.119 e. The van der Waals surface area contributed by atoms with Gasteiger partial charge in [-0.3, -0.25) is 0 Å². The maximum absolute atomic E-state index is 5.71. The van der Waals surface area contributed by atoms with Gasteiger partial charge in [-0.1, -0.05) is 17.7 Å². The molecule has 0 radical (unpaired) electrons. The van der Waals surface area contributed by atoms with Crippen molar-refractivity contribution in [3.05, 3.63) is 42.0 Å². The third-order valence-corrected chi connectivity index (χ3v) is 2.89. The third-order valence-electron chi connectivity index (χ3n) is 2.89. The van der Waals surface area contributed by atoms with Crippen LogP contribution in [0.25, 0.3) is 0 Å². The Morgan fingerprint density at radius 2 is 1.95 bits per heavy atom. The quantitative estimate of drug-likeness (QED) is 0.552. The van der Waals surface area contributed by atoms with Crippen molar-refractivity contribution in [2.75, 3.05) is 19.8 Å². The molecule has 0 fully saturated rings. The van der Waals surface area contributed by atoms with Crippen LogP contribution in [-0.4, -0.2) is 25.4 Å². The largest absolute Gasteiger partial charge is 0.491 e. The Balaban J connectivity index is 2.27.